The number of nitrogens with zero attached hydrogens (tertiary/aromatic N) is 2. The van der Waals surface area contributed by atoms with Crippen molar-refractivity contribution in [3.63, 3.8) is 0 Å². The van der Waals surface area contributed by atoms with Gasteiger partial charge in [0.25, 0.3) is 0 Å². The summed E-state index contributed by atoms with van der Waals surface area (Å²) in [4.78, 5) is 28.4. The zero-order chi connectivity index (χ0) is 26.4. The average molecular weight is 513 g/mol. The third-order valence-corrected chi connectivity index (χ3v) is 7.07. The van der Waals surface area contributed by atoms with Gasteiger partial charge >= 0.3 is 6.09 Å². The summed E-state index contributed by atoms with van der Waals surface area (Å²) in [5.74, 6) is 0.695. The van der Waals surface area contributed by atoms with Crippen LogP contribution in [0.4, 0.5) is 14.9 Å². The minimum absolute atomic E-state index is 0.127. The van der Waals surface area contributed by atoms with Gasteiger partial charge < -0.3 is 28.7 Å². The highest BCUT2D eigenvalue weighted by molar-refractivity contribution is 5.97. The molecule has 5 rings (SSSR count). The molecule has 8 nitrogen and oxygen atoms in total. The van der Waals surface area contributed by atoms with Gasteiger partial charge in [0.2, 0.25) is 5.91 Å². The summed E-state index contributed by atoms with van der Waals surface area (Å²) in [5.41, 5.74) is 0.816. The molecule has 2 aromatic rings. The molecule has 198 valence electrons. The van der Waals surface area contributed by atoms with Crippen LogP contribution in [0.2, 0.25) is 0 Å². The smallest absolute Gasteiger partial charge is 0.410 e. The zero-order valence-corrected chi connectivity index (χ0v) is 21.7. The molecule has 3 aliphatic heterocycles. The second kappa shape index (κ2) is 9.52. The molecule has 3 heterocycles. The molecule has 9 heteroatoms. The number of hydrogen-bond acceptors (Lipinski definition) is 6. The van der Waals surface area contributed by atoms with E-state index in [1.807, 2.05) is 45.0 Å². The number of carbonyl (C=O) groups is 2. The molecule has 2 amide bonds. The lowest BCUT2D eigenvalue weighted by Gasteiger charge is -2.32. The van der Waals surface area contributed by atoms with Crippen molar-refractivity contribution in [1.29, 1.82) is 0 Å². The van der Waals surface area contributed by atoms with Gasteiger partial charge in [-0.1, -0.05) is 12.1 Å². The predicted molar refractivity (Wildman–Crippen MR) is 134 cm³/mol. The minimum atomic E-state index is -0.552. The van der Waals surface area contributed by atoms with Gasteiger partial charge in [-0.25, -0.2) is 9.18 Å². The van der Waals surface area contributed by atoms with Crippen LogP contribution in [-0.2, 0) is 27.2 Å². The number of amides is 2. The van der Waals surface area contributed by atoms with Gasteiger partial charge in [0.1, 0.15) is 41.2 Å². The maximum absolute atomic E-state index is 15.1. The van der Waals surface area contributed by atoms with E-state index in [1.54, 1.807) is 18.1 Å². The van der Waals surface area contributed by atoms with Crippen LogP contribution in [0.15, 0.2) is 36.4 Å². The van der Waals surface area contributed by atoms with Gasteiger partial charge in [-0.05, 0) is 57.0 Å². The fraction of sp³-hybridized carbons (Fsp3) is 0.500. The number of rotatable bonds is 6. The van der Waals surface area contributed by atoms with Gasteiger partial charge in [0.15, 0.2) is 0 Å². The molecule has 0 aliphatic carbocycles. The highest BCUT2D eigenvalue weighted by atomic mass is 19.1. The molecular weight excluding hydrogens is 479 g/mol. The Morgan fingerprint density at radius 3 is 2.59 bits per heavy atom. The molecule has 0 bridgehead atoms. The van der Waals surface area contributed by atoms with Crippen LogP contribution in [0.3, 0.4) is 0 Å². The molecule has 2 fully saturated rings. The van der Waals surface area contributed by atoms with E-state index in [1.165, 1.54) is 11.0 Å². The first-order valence-corrected chi connectivity index (χ1v) is 12.6. The standard InChI is InChI=1S/C28H33FN2O6/c1-27(2,3)37-26(33)30-14-13-28(23(16-30)36-28)17-35-22-11-10-21(29)25-20(22)9-12-24(32)31(25)15-18-5-7-19(34-4)8-6-18/h5-8,10-11,23H,9,12-17H2,1-4H3/t23-,28-/m0/s1. The van der Waals surface area contributed by atoms with Crippen LogP contribution in [0.5, 0.6) is 11.5 Å². The van der Waals surface area contributed by atoms with E-state index in [4.69, 9.17) is 18.9 Å². The van der Waals surface area contributed by atoms with Crippen LogP contribution in [0, 0.1) is 5.82 Å². The normalized spacial score (nSPS) is 22.7. The number of epoxide rings is 1. The maximum atomic E-state index is 15.1. The van der Waals surface area contributed by atoms with Crippen LogP contribution < -0.4 is 14.4 Å². The molecule has 2 atom stereocenters. The van der Waals surface area contributed by atoms with Crippen LogP contribution >= 0.6 is 0 Å². The van der Waals surface area contributed by atoms with E-state index in [9.17, 15) is 9.59 Å². The lowest BCUT2D eigenvalue weighted by molar-refractivity contribution is -0.119. The topological polar surface area (TPSA) is 80.8 Å². The summed E-state index contributed by atoms with van der Waals surface area (Å²) >= 11 is 0. The number of ether oxygens (including phenoxy) is 4. The first-order valence-electron chi connectivity index (χ1n) is 12.6. The van der Waals surface area contributed by atoms with Gasteiger partial charge in [0, 0.05) is 24.9 Å². The number of likely N-dealkylation sites (tertiary alicyclic amines) is 1. The van der Waals surface area contributed by atoms with Gasteiger partial charge in [-0.15, -0.1) is 0 Å². The number of anilines is 1. The Morgan fingerprint density at radius 2 is 1.92 bits per heavy atom. The van der Waals surface area contributed by atoms with E-state index < -0.39 is 17.0 Å². The monoisotopic (exact) mass is 512 g/mol. The van der Waals surface area contributed by atoms with Crippen molar-refractivity contribution in [3.05, 3.63) is 53.3 Å². The largest absolute Gasteiger partial charge is 0.497 e. The summed E-state index contributed by atoms with van der Waals surface area (Å²) < 4.78 is 37.9. The molecule has 0 radical (unpaired) electrons. The lowest BCUT2D eigenvalue weighted by Crippen LogP contribution is -2.46. The number of methoxy groups -OCH3 is 1. The van der Waals surface area contributed by atoms with Crippen molar-refractivity contribution in [2.24, 2.45) is 0 Å². The Morgan fingerprint density at radius 1 is 1.16 bits per heavy atom. The summed E-state index contributed by atoms with van der Waals surface area (Å²) in [6.07, 6.45) is 0.842. The van der Waals surface area contributed by atoms with E-state index in [0.29, 0.717) is 49.6 Å². The Balaban J connectivity index is 1.27. The number of halogens is 1. The van der Waals surface area contributed by atoms with Gasteiger partial charge in [0.05, 0.1) is 25.9 Å². The second-order valence-electron chi connectivity index (χ2n) is 10.8. The zero-order valence-electron chi connectivity index (χ0n) is 21.7. The lowest BCUT2D eigenvalue weighted by atomic mass is 9.97. The van der Waals surface area contributed by atoms with Crippen LogP contribution in [0.1, 0.15) is 44.7 Å². The molecule has 0 unspecified atom stereocenters. The van der Waals surface area contributed by atoms with Crippen LogP contribution in [0.25, 0.3) is 0 Å². The molecule has 0 N–H and O–H groups in total. The van der Waals surface area contributed by atoms with E-state index in [0.717, 1.165) is 5.56 Å². The fourth-order valence-corrected chi connectivity index (χ4v) is 5.01. The third kappa shape index (κ3) is 5.23. The minimum Gasteiger partial charge on any atom is -0.497 e. The number of piperidine rings is 1. The summed E-state index contributed by atoms with van der Waals surface area (Å²) in [6.45, 7) is 7.04. The first kappa shape index (κ1) is 25.3. The van der Waals surface area contributed by atoms with Crippen molar-refractivity contribution in [1.82, 2.24) is 4.90 Å². The Kier molecular flexibility index (Phi) is 6.52. The molecule has 3 aliphatic rings. The maximum Gasteiger partial charge on any atom is 0.410 e. The van der Waals surface area contributed by atoms with Crippen molar-refractivity contribution in [2.75, 3.05) is 31.7 Å². The Bertz CT molecular complexity index is 1190. The molecule has 37 heavy (non-hydrogen) atoms. The van der Waals surface area contributed by atoms with E-state index >= 15 is 4.39 Å². The van der Waals surface area contributed by atoms with Crippen molar-refractivity contribution < 1.29 is 32.9 Å². The molecular formula is C28H33FN2O6. The van der Waals surface area contributed by atoms with Gasteiger partial charge in [-0.3, -0.25) is 4.79 Å². The Labute approximate surface area is 216 Å². The highest BCUT2D eigenvalue weighted by Crippen LogP contribution is 2.45. The Hall–Kier alpha value is -3.33. The third-order valence-electron chi connectivity index (χ3n) is 7.07. The fourth-order valence-electron chi connectivity index (χ4n) is 5.01. The number of carbonyl (C=O) groups excluding carboxylic acids is 2. The molecule has 2 aromatic carbocycles. The number of benzene rings is 2. The quantitative estimate of drug-likeness (QED) is 0.532. The first-order chi connectivity index (χ1) is 17.6. The number of hydrogen-bond donors (Lipinski definition) is 0. The molecule has 0 aromatic heterocycles. The summed E-state index contributed by atoms with van der Waals surface area (Å²) in [7, 11) is 1.59. The SMILES string of the molecule is COc1ccc(CN2C(=O)CCc3c(OC[C@@]45CCN(C(=O)OC(C)(C)C)C[C@@H]4O5)ccc(F)c32)cc1. The molecule has 0 spiro atoms. The van der Waals surface area contributed by atoms with Crippen LogP contribution in [-0.4, -0.2) is 61.0 Å². The summed E-state index contributed by atoms with van der Waals surface area (Å²) in [5, 5.41) is 0. The average Bonchev–Trinajstić information content (AvgIpc) is 3.58. The van der Waals surface area contributed by atoms with Crippen molar-refractivity contribution >= 4 is 17.7 Å². The van der Waals surface area contributed by atoms with Gasteiger partial charge in [-0.2, -0.15) is 0 Å². The van der Waals surface area contributed by atoms with Crippen molar-refractivity contribution in [3.8, 4) is 11.5 Å². The highest BCUT2D eigenvalue weighted by Gasteiger charge is 2.60. The molecule has 0 saturated carbocycles. The van der Waals surface area contributed by atoms with E-state index in [2.05, 4.69) is 0 Å². The predicted octanol–water partition coefficient (Wildman–Crippen LogP) is 4.47. The van der Waals surface area contributed by atoms with E-state index in [-0.39, 0.29) is 36.8 Å². The summed E-state index contributed by atoms with van der Waals surface area (Å²) in [6, 6.07) is 10.3. The molecule has 2 saturated heterocycles. The van der Waals surface area contributed by atoms with Crippen molar-refractivity contribution in [2.45, 2.75) is 63.9 Å². The number of fused-ring (bicyclic) bond motifs is 2. The second-order valence-corrected chi connectivity index (χ2v) is 10.8.